The normalized spacial score (nSPS) is 21.1. The fourth-order valence-electron chi connectivity index (χ4n) is 4.78. The van der Waals surface area contributed by atoms with E-state index in [1.165, 1.54) is 16.7 Å². The highest BCUT2D eigenvalue weighted by atomic mass is 16.2. The highest BCUT2D eigenvalue weighted by Crippen LogP contribution is 2.30. The molecular weight excluding hydrogens is 392 g/mol. The second kappa shape index (κ2) is 7.90. The van der Waals surface area contributed by atoms with Crippen LogP contribution in [0.25, 0.3) is 0 Å². The molecule has 1 saturated heterocycles. The van der Waals surface area contributed by atoms with Crippen LogP contribution in [0.4, 0.5) is 0 Å². The number of fused-ring (bicyclic) bond motifs is 2. The van der Waals surface area contributed by atoms with E-state index in [-0.39, 0.29) is 30.2 Å². The number of hydrogen-bond donors (Lipinski definition) is 3. The summed E-state index contributed by atoms with van der Waals surface area (Å²) in [7, 11) is 0. The van der Waals surface area contributed by atoms with Gasteiger partial charge in [0.15, 0.2) is 0 Å². The van der Waals surface area contributed by atoms with E-state index in [0.717, 1.165) is 24.2 Å². The van der Waals surface area contributed by atoms with Crippen LogP contribution < -0.4 is 16.0 Å². The number of nitrogens with zero attached hydrogens (tertiary/aromatic N) is 1. The van der Waals surface area contributed by atoms with E-state index in [1.807, 2.05) is 18.2 Å². The number of benzene rings is 2. The number of amides is 3. The second-order valence-electron chi connectivity index (χ2n) is 8.58. The minimum Gasteiger partial charge on any atom is -0.322 e. The Balaban J connectivity index is 1.30. The van der Waals surface area contributed by atoms with Crippen LogP contribution in [0.2, 0.25) is 0 Å². The monoisotopic (exact) mass is 418 g/mol. The maximum atomic E-state index is 13.0. The lowest BCUT2D eigenvalue weighted by molar-refractivity contribution is -0.136. The molecule has 0 spiro atoms. The van der Waals surface area contributed by atoms with Gasteiger partial charge in [0.05, 0.1) is 0 Å². The van der Waals surface area contributed by atoms with Crippen LogP contribution >= 0.6 is 0 Å². The van der Waals surface area contributed by atoms with Crippen LogP contribution in [0.5, 0.6) is 0 Å². The van der Waals surface area contributed by atoms with E-state index >= 15 is 0 Å². The second-order valence-corrected chi connectivity index (χ2v) is 8.58. The number of hydrogen-bond acceptors (Lipinski definition) is 5. The summed E-state index contributed by atoms with van der Waals surface area (Å²) in [4.78, 5) is 38.3. The first-order chi connectivity index (χ1) is 15.0. The summed E-state index contributed by atoms with van der Waals surface area (Å²) in [5, 5.41) is 9.32. The lowest BCUT2D eigenvalue weighted by Gasteiger charge is -2.29. The third-order valence-corrected chi connectivity index (χ3v) is 6.64. The van der Waals surface area contributed by atoms with Crippen molar-refractivity contribution in [1.29, 1.82) is 0 Å². The Morgan fingerprint density at radius 2 is 1.97 bits per heavy atom. The number of rotatable bonds is 5. The van der Waals surface area contributed by atoms with Crippen molar-refractivity contribution < 1.29 is 14.4 Å². The Kier molecular flexibility index (Phi) is 5.08. The van der Waals surface area contributed by atoms with Crippen LogP contribution in [0.3, 0.4) is 0 Å². The fourth-order valence-corrected chi connectivity index (χ4v) is 4.78. The Morgan fingerprint density at radius 1 is 1.13 bits per heavy atom. The van der Waals surface area contributed by atoms with Crippen LogP contribution in [-0.4, -0.2) is 28.7 Å². The molecule has 7 heteroatoms. The van der Waals surface area contributed by atoms with Gasteiger partial charge in [0, 0.05) is 44.2 Å². The molecule has 160 valence electrons. The summed E-state index contributed by atoms with van der Waals surface area (Å²) >= 11 is 0. The zero-order valence-corrected chi connectivity index (χ0v) is 17.5. The standard InChI is InChI=1S/C24H26N4O3/c1-14(15-5-6-16-10-25-11-18(16)9-15)26-12-17-3-2-4-19-20(17)13-28(24(19)31)21-7-8-22(29)27-23(21)30/h2-6,9,14,21,25-26H,7-8,10-13H2,1H3,(H,27,29,30). The van der Waals surface area contributed by atoms with Crippen molar-refractivity contribution in [3.63, 3.8) is 0 Å². The van der Waals surface area contributed by atoms with E-state index in [2.05, 4.69) is 41.1 Å². The van der Waals surface area contributed by atoms with E-state index in [0.29, 0.717) is 25.1 Å². The van der Waals surface area contributed by atoms with Gasteiger partial charge in [-0.15, -0.1) is 0 Å². The van der Waals surface area contributed by atoms with Gasteiger partial charge in [-0.2, -0.15) is 0 Å². The van der Waals surface area contributed by atoms with Crippen LogP contribution in [0.1, 0.15) is 64.0 Å². The zero-order chi connectivity index (χ0) is 21.5. The van der Waals surface area contributed by atoms with Crippen molar-refractivity contribution in [3.05, 3.63) is 69.8 Å². The fraction of sp³-hybridized carbons (Fsp3) is 0.375. The van der Waals surface area contributed by atoms with Gasteiger partial charge in [-0.3, -0.25) is 19.7 Å². The highest BCUT2D eigenvalue weighted by molar-refractivity contribution is 6.05. The summed E-state index contributed by atoms with van der Waals surface area (Å²) < 4.78 is 0. The average Bonchev–Trinajstić information content (AvgIpc) is 3.36. The minimum absolute atomic E-state index is 0.134. The maximum Gasteiger partial charge on any atom is 0.255 e. The molecular formula is C24H26N4O3. The molecule has 2 aromatic rings. The first-order valence-electron chi connectivity index (χ1n) is 10.8. The Morgan fingerprint density at radius 3 is 2.81 bits per heavy atom. The summed E-state index contributed by atoms with van der Waals surface area (Å²) in [6.45, 7) is 5.03. The summed E-state index contributed by atoms with van der Waals surface area (Å²) in [6, 6.07) is 12.0. The molecule has 3 heterocycles. The summed E-state index contributed by atoms with van der Waals surface area (Å²) in [6.07, 6.45) is 0.640. The number of imide groups is 1. The molecule has 0 aliphatic carbocycles. The van der Waals surface area contributed by atoms with Crippen molar-refractivity contribution in [2.45, 2.75) is 58.0 Å². The molecule has 2 atom stereocenters. The number of carbonyl (C=O) groups is 3. The predicted molar refractivity (Wildman–Crippen MR) is 115 cm³/mol. The van der Waals surface area contributed by atoms with Gasteiger partial charge in [-0.25, -0.2) is 0 Å². The quantitative estimate of drug-likeness (QED) is 0.646. The van der Waals surface area contributed by atoms with E-state index in [1.54, 1.807) is 4.90 Å². The Hall–Kier alpha value is -3.03. The van der Waals surface area contributed by atoms with Gasteiger partial charge < -0.3 is 15.5 Å². The van der Waals surface area contributed by atoms with Crippen LogP contribution in [0.15, 0.2) is 36.4 Å². The van der Waals surface area contributed by atoms with E-state index in [4.69, 9.17) is 0 Å². The zero-order valence-electron chi connectivity index (χ0n) is 17.5. The smallest absolute Gasteiger partial charge is 0.255 e. The molecule has 0 aromatic heterocycles. The first kappa shape index (κ1) is 19.9. The lowest BCUT2D eigenvalue weighted by atomic mass is 10.0. The van der Waals surface area contributed by atoms with Crippen molar-refractivity contribution in [2.24, 2.45) is 0 Å². The molecule has 7 nitrogen and oxygen atoms in total. The molecule has 1 fully saturated rings. The number of carbonyl (C=O) groups excluding carboxylic acids is 3. The maximum absolute atomic E-state index is 13.0. The molecule has 5 rings (SSSR count). The minimum atomic E-state index is -0.586. The Bertz CT molecular complexity index is 1080. The van der Waals surface area contributed by atoms with Gasteiger partial charge in [-0.05, 0) is 47.2 Å². The first-order valence-corrected chi connectivity index (χ1v) is 10.8. The molecule has 0 radical (unpaired) electrons. The molecule has 3 N–H and O–H groups in total. The number of nitrogens with one attached hydrogen (secondary N) is 3. The average molecular weight is 418 g/mol. The molecule has 2 aromatic carbocycles. The van der Waals surface area contributed by atoms with E-state index < -0.39 is 6.04 Å². The molecule has 3 amide bonds. The third-order valence-electron chi connectivity index (χ3n) is 6.64. The largest absolute Gasteiger partial charge is 0.322 e. The molecule has 2 unspecified atom stereocenters. The van der Waals surface area contributed by atoms with Crippen molar-refractivity contribution in [2.75, 3.05) is 0 Å². The Labute approximate surface area is 181 Å². The van der Waals surface area contributed by atoms with Crippen molar-refractivity contribution in [1.82, 2.24) is 20.9 Å². The van der Waals surface area contributed by atoms with Crippen molar-refractivity contribution >= 4 is 17.7 Å². The van der Waals surface area contributed by atoms with Crippen molar-refractivity contribution in [3.8, 4) is 0 Å². The third kappa shape index (κ3) is 3.64. The SMILES string of the molecule is CC(NCc1cccc2c1CN(C1CCC(=O)NC1=O)C2=O)c1ccc2c(c1)CNC2. The molecule has 0 bridgehead atoms. The van der Waals surface area contributed by atoms with Gasteiger partial charge >= 0.3 is 0 Å². The molecule has 3 aliphatic rings. The number of piperidine rings is 1. The predicted octanol–water partition coefficient (Wildman–Crippen LogP) is 1.90. The molecule has 3 aliphatic heterocycles. The summed E-state index contributed by atoms with van der Waals surface area (Å²) in [5.74, 6) is -0.783. The van der Waals surface area contributed by atoms with Gasteiger partial charge in [0.2, 0.25) is 11.8 Å². The van der Waals surface area contributed by atoms with Gasteiger partial charge in [0.1, 0.15) is 6.04 Å². The summed E-state index contributed by atoms with van der Waals surface area (Å²) in [5.41, 5.74) is 6.66. The van der Waals surface area contributed by atoms with Gasteiger partial charge in [0.25, 0.3) is 5.91 Å². The van der Waals surface area contributed by atoms with Crippen LogP contribution in [0, 0.1) is 0 Å². The lowest BCUT2D eigenvalue weighted by Crippen LogP contribution is -2.52. The van der Waals surface area contributed by atoms with E-state index in [9.17, 15) is 14.4 Å². The van der Waals surface area contributed by atoms with Gasteiger partial charge in [-0.1, -0.05) is 30.3 Å². The van der Waals surface area contributed by atoms with Crippen LogP contribution in [-0.2, 0) is 35.8 Å². The molecule has 0 saturated carbocycles. The molecule has 31 heavy (non-hydrogen) atoms. The topological polar surface area (TPSA) is 90.5 Å². The highest BCUT2D eigenvalue weighted by Gasteiger charge is 2.39.